The Labute approximate surface area is 203 Å². The first-order valence-corrected chi connectivity index (χ1v) is 11.9. The topological polar surface area (TPSA) is 111 Å². The van der Waals surface area contributed by atoms with Crippen molar-refractivity contribution < 1.29 is 19.1 Å². The number of aryl methyl sites for hydroxylation is 1. The summed E-state index contributed by atoms with van der Waals surface area (Å²) in [4.78, 5) is 31.8. The van der Waals surface area contributed by atoms with Crippen molar-refractivity contribution in [3.05, 3.63) is 52.8 Å². The van der Waals surface area contributed by atoms with Crippen LogP contribution in [0.5, 0.6) is 5.75 Å². The van der Waals surface area contributed by atoms with Crippen LogP contribution in [0.2, 0.25) is 0 Å². The summed E-state index contributed by atoms with van der Waals surface area (Å²) in [5.41, 5.74) is 2.99. The van der Waals surface area contributed by atoms with Crippen molar-refractivity contribution in [1.29, 1.82) is 0 Å². The van der Waals surface area contributed by atoms with Crippen LogP contribution in [0.25, 0.3) is 11.5 Å². The van der Waals surface area contributed by atoms with E-state index in [0.29, 0.717) is 54.8 Å². The Balaban J connectivity index is 1.37. The molecule has 0 saturated carbocycles. The lowest BCUT2D eigenvalue weighted by atomic mass is 9.96. The van der Waals surface area contributed by atoms with E-state index in [9.17, 15) is 9.59 Å². The van der Waals surface area contributed by atoms with E-state index in [2.05, 4.69) is 25.1 Å². The number of amides is 2. The zero-order chi connectivity index (χ0) is 24.4. The molecule has 0 atom stereocenters. The zero-order valence-electron chi connectivity index (χ0n) is 19.9. The molecule has 0 aliphatic carbocycles. The summed E-state index contributed by atoms with van der Waals surface area (Å²) in [5.74, 6) is 2.21. The number of anilines is 1. The van der Waals surface area contributed by atoms with E-state index in [1.54, 1.807) is 24.1 Å². The van der Waals surface area contributed by atoms with Gasteiger partial charge in [-0.15, -0.1) is 10.2 Å². The van der Waals surface area contributed by atoms with Crippen LogP contribution >= 0.6 is 0 Å². The molecule has 0 spiro atoms. The Bertz CT molecular complexity index is 1270. The quantitative estimate of drug-likeness (QED) is 0.580. The molecule has 0 bridgehead atoms. The number of nitrogens with one attached hydrogen (secondary N) is 1. The fraction of sp³-hybridized carbons (Fsp3) is 0.400. The largest absolute Gasteiger partial charge is 0.496 e. The van der Waals surface area contributed by atoms with Gasteiger partial charge in [-0.25, -0.2) is 9.78 Å². The minimum Gasteiger partial charge on any atom is -0.496 e. The van der Waals surface area contributed by atoms with Gasteiger partial charge in [0.05, 0.1) is 19.3 Å². The van der Waals surface area contributed by atoms with Crippen molar-refractivity contribution in [1.82, 2.24) is 24.6 Å². The maximum Gasteiger partial charge on any atom is 0.410 e. The fourth-order valence-corrected chi connectivity index (χ4v) is 4.52. The van der Waals surface area contributed by atoms with Gasteiger partial charge in [0.1, 0.15) is 23.1 Å². The molecule has 4 heterocycles. The number of hydrogen-bond donors (Lipinski definition) is 1. The highest BCUT2D eigenvalue weighted by Gasteiger charge is 2.25. The van der Waals surface area contributed by atoms with Crippen LogP contribution < -0.4 is 10.1 Å². The molecule has 0 unspecified atom stereocenters. The van der Waals surface area contributed by atoms with Crippen molar-refractivity contribution in [3.63, 3.8) is 0 Å². The van der Waals surface area contributed by atoms with E-state index in [-0.39, 0.29) is 12.0 Å². The molecule has 5 rings (SSSR count). The smallest absolute Gasteiger partial charge is 0.410 e. The molecule has 35 heavy (non-hydrogen) atoms. The Morgan fingerprint density at radius 2 is 2.00 bits per heavy atom. The van der Waals surface area contributed by atoms with Gasteiger partial charge in [0, 0.05) is 26.1 Å². The molecule has 3 aromatic rings. The third-order valence-corrected chi connectivity index (χ3v) is 6.30. The van der Waals surface area contributed by atoms with Gasteiger partial charge in [-0.2, -0.15) is 0 Å². The molecule has 1 N–H and O–H groups in total. The fourth-order valence-electron chi connectivity index (χ4n) is 4.52. The molecule has 0 fully saturated rings. The second-order valence-corrected chi connectivity index (χ2v) is 8.66. The number of methoxy groups -OCH3 is 1. The maximum atomic E-state index is 13.3. The zero-order valence-corrected chi connectivity index (χ0v) is 19.9. The second kappa shape index (κ2) is 9.73. The van der Waals surface area contributed by atoms with Gasteiger partial charge < -0.3 is 24.3 Å². The number of carbonyl (C=O) groups excluding carboxylic acids is 2. The molecule has 182 valence electrons. The van der Waals surface area contributed by atoms with Crippen LogP contribution in [0.4, 0.5) is 10.6 Å². The molecule has 2 aromatic heterocycles. The minimum absolute atomic E-state index is 0.333. The molecule has 2 amide bonds. The van der Waals surface area contributed by atoms with Crippen LogP contribution in [0.15, 0.2) is 30.3 Å². The van der Waals surface area contributed by atoms with Gasteiger partial charge in [0.15, 0.2) is 5.82 Å². The van der Waals surface area contributed by atoms with E-state index < -0.39 is 0 Å². The first kappa shape index (κ1) is 22.8. The molecular weight excluding hydrogens is 448 g/mol. The molecule has 1 aromatic carbocycles. The molecule has 10 nitrogen and oxygen atoms in total. The Hall–Kier alpha value is -3.95. The predicted octanol–water partition coefficient (Wildman–Crippen LogP) is 3.45. The summed E-state index contributed by atoms with van der Waals surface area (Å²) in [6.45, 7) is 4.16. The van der Waals surface area contributed by atoms with Gasteiger partial charge in [-0.3, -0.25) is 4.79 Å². The van der Waals surface area contributed by atoms with Crippen LogP contribution in [0, 0.1) is 0 Å². The molecule has 2 aliphatic heterocycles. The van der Waals surface area contributed by atoms with Gasteiger partial charge in [0.25, 0.3) is 5.91 Å². The molecule has 2 aliphatic rings. The second-order valence-electron chi connectivity index (χ2n) is 8.66. The summed E-state index contributed by atoms with van der Waals surface area (Å²) in [5, 5.41) is 11.4. The number of nitrogens with zero attached hydrogens (tertiary/aromatic N) is 5. The van der Waals surface area contributed by atoms with Crippen LogP contribution in [-0.2, 0) is 30.7 Å². The molecular formula is C25H28N6O4. The summed E-state index contributed by atoms with van der Waals surface area (Å²) < 4.78 is 12.9. The monoisotopic (exact) mass is 476 g/mol. The van der Waals surface area contributed by atoms with E-state index >= 15 is 0 Å². The highest BCUT2D eigenvalue weighted by atomic mass is 16.6. The lowest BCUT2D eigenvalue weighted by molar-refractivity contribution is 0.0978. The third kappa shape index (κ3) is 4.55. The van der Waals surface area contributed by atoms with Crippen molar-refractivity contribution in [3.8, 4) is 17.3 Å². The average Bonchev–Trinajstić information content (AvgIpc) is 3.50. The lowest BCUT2D eigenvalue weighted by Gasteiger charge is -2.29. The van der Waals surface area contributed by atoms with Crippen molar-refractivity contribution in [2.75, 3.05) is 25.6 Å². The lowest BCUT2D eigenvalue weighted by Crippen LogP contribution is -2.36. The number of aromatic nitrogens is 4. The van der Waals surface area contributed by atoms with Crippen LogP contribution in [-0.4, -0.2) is 56.9 Å². The van der Waals surface area contributed by atoms with Gasteiger partial charge in [0.2, 0.25) is 0 Å². The number of benzene rings is 1. The standard InChI is InChI=1S/C25H28N6O4/c1-3-12-35-25(33)30-11-9-16-14-20(34-2)18(13-17(16)15-30)24(32)27-21-7-4-6-19(26-21)23-29-28-22-8-5-10-31(22)23/h4,6-7,13-14H,3,5,8-12,15H2,1-2H3,(H,26,27,32). The Morgan fingerprint density at radius 3 is 2.83 bits per heavy atom. The average molecular weight is 477 g/mol. The highest BCUT2D eigenvalue weighted by Crippen LogP contribution is 2.29. The van der Waals surface area contributed by atoms with Crippen molar-refractivity contribution in [2.45, 2.75) is 45.7 Å². The Kier molecular flexibility index (Phi) is 6.35. The number of ether oxygens (including phenoxy) is 2. The summed E-state index contributed by atoms with van der Waals surface area (Å²) in [7, 11) is 1.54. The Morgan fingerprint density at radius 1 is 1.11 bits per heavy atom. The third-order valence-electron chi connectivity index (χ3n) is 6.30. The molecule has 10 heteroatoms. The van der Waals surface area contributed by atoms with Gasteiger partial charge in [-0.05, 0) is 54.7 Å². The van der Waals surface area contributed by atoms with Crippen molar-refractivity contribution in [2.24, 2.45) is 0 Å². The normalized spacial score (nSPS) is 14.3. The minimum atomic E-state index is -0.341. The number of carbonyl (C=O) groups is 2. The van der Waals surface area contributed by atoms with Gasteiger partial charge in [-0.1, -0.05) is 13.0 Å². The van der Waals surface area contributed by atoms with Gasteiger partial charge >= 0.3 is 6.09 Å². The maximum absolute atomic E-state index is 13.3. The summed E-state index contributed by atoms with van der Waals surface area (Å²) in [6.07, 6.45) is 3.06. The first-order chi connectivity index (χ1) is 17.1. The van der Waals surface area contributed by atoms with E-state index in [1.807, 2.05) is 25.1 Å². The first-order valence-electron chi connectivity index (χ1n) is 11.9. The number of fused-ring (bicyclic) bond motifs is 2. The van der Waals surface area contributed by atoms with Crippen LogP contribution in [0.3, 0.4) is 0 Å². The SMILES string of the molecule is CCCOC(=O)N1CCc2cc(OC)c(C(=O)Nc3cccc(-c4nnc5n4CCC5)n3)cc2C1. The predicted molar refractivity (Wildman–Crippen MR) is 128 cm³/mol. The van der Waals surface area contributed by atoms with E-state index in [4.69, 9.17) is 9.47 Å². The van der Waals surface area contributed by atoms with Crippen molar-refractivity contribution >= 4 is 17.8 Å². The summed E-state index contributed by atoms with van der Waals surface area (Å²) >= 11 is 0. The highest BCUT2D eigenvalue weighted by molar-refractivity contribution is 6.06. The number of pyridine rings is 1. The molecule has 0 saturated heterocycles. The van der Waals surface area contributed by atoms with Crippen LogP contribution in [0.1, 0.15) is 47.1 Å². The van der Waals surface area contributed by atoms with E-state index in [0.717, 1.165) is 42.8 Å². The molecule has 0 radical (unpaired) electrons. The van der Waals surface area contributed by atoms with E-state index in [1.165, 1.54) is 0 Å². The number of rotatable bonds is 6. The number of hydrogen-bond acceptors (Lipinski definition) is 7. The summed E-state index contributed by atoms with van der Waals surface area (Å²) in [6, 6.07) is 9.09.